The van der Waals surface area contributed by atoms with Crippen molar-refractivity contribution < 1.29 is 9.53 Å². The minimum Gasteiger partial charge on any atom is -0.492 e. The lowest BCUT2D eigenvalue weighted by atomic mass is 10.2. The first-order valence-electron chi connectivity index (χ1n) is 5.70. The van der Waals surface area contributed by atoms with Crippen molar-refractivity contribution in [1.29, 1.82) is 0 Å². The molecule has 0 fully saturated rings. The molecule has 0 aromatic heterocycles. The Balaban J connectivity index is 2.32. The lowest BCUT2D eigenvalue weighted by Crippen LogP contribution is -2.29. The van der Waals surface area contributed by atoms with Crippen molar-refractivity contribution in [3.63, 3.8) is 0 Å². The molecule has 0 aliphatic heterocycles. The fraction of sp³-hybridized carbons (Fsp3) is 0.357. The Kier molecular flexibility index (Phi) is 5.27. The van der Waals surface area contributed by atoms with Gasteiger partial charge in [0.05, 0.1) is 6.54 Å². The maximum Gasteiger partial charge on any atom is 0.246 e. The van der Waals surface area contributed by atoms with Crippen LogP contribution in [0.3, 0.4) is 0 Å². The van der Waals surface area contributed by atoms with Crippen LogP contribution in [0.15, 0.2) is 36.4 Å². The highest BCUT2D eigenvalue weighted by Gasteiger charge is 2.03. The Hall–Kier alpha value is -1.77. The normalized spacial score (nSPS) is 10.5. The van der Waals surface area contributed by atoms with Crippen molar-refractivity contribution in [2.45, 2.75) is 13.8 Å². The van der Waals surface area contributed by atoms with Crippen LogP contribution in [-0.2, 0) is 4.79 Å². The summed E-state index contributed by atoms with van der Waals surface area (Å²) in [5.74, 6) is 0.836. The molecule has 1 rings (SSSR count). The van der Waals surface area contributed by atoms with E-state index in [4.69, 9.17) is 4.74 Å². The molecule has 1 aromatic carbocycles. The Morgan fingerprint density at radius 1 is 1.35 bits per heavy atom. The number of benzene rings is 1. The van der Waals surface area contributed by atoms with Crippen LogP contribution in [0.2, 0.25) is 0 Å². The van der Waals surface area contributed by atoms with Crippen molar-refractivity contribution >= 4 is 5.91 Å². The summed E-state index contributed by atoms with van der Waals surface area (Å²) in [6.07, 6.45) is 3.28. The van der Waals surface area contributed by atoms with Gasteiger partial charge in [-0.3, -0.25) is 4.79 Å². The SMILES string of the molecule is CC=CC(=O)N(C)CCOc1ccc(C)cc1. The van der Waals surface area contributed by atoms with Gasteiger partial charge in [-0.1, -0.05) is 23.8 Å². The molecular formula is C14H19NO2. The molecule has 0 aliphatic carbocycles. The molecule has 92 valence electrons. The maximum atomic E-state index is 11.4. The molecule has 3 heteroatoms. The van der Waals surface area contributed by atoms with E-state index in [9.17, 15) is 4.79 Å². The summed E-state index contributed by atoms with van der Waals surface area (Å²) in [5.41, 5.74) is 1.21. The van der Waals surface area contributed by atoms with Gasteiger partial charge in [-0.2, -0.15) is 0 Å². The number of aryl methyl sites for hydroxylation is 1. The molecule has 0 bridgehead atoms. The molecule has 0 N–H and O–H groups in total. The number of amides is 1. The first-order chi connectivity index (χ1) is 8.13. The molecule has 0 unspecified atom stereocenters. The van der Waals surface area contributed by atoms with Crippen LogP contribution >= 0.6 is 0 Å². The van der Waals surface area contributed by atoms with Gasteiger partial charge in [-0.25, -0.2) is 0 Å². The molecule has 3 nitrogen and oxygen atoms in total. The summed E-state index contributed by atoms with van der Waals surface area (Å²) < 4.78 is 5.54. The number of hydrogen-bond donors (Lipinski definition) is 0. The van der Waals surface area contributed by atoms with Crippen LogP contribution in [0, 0.1) is 6.92 Å². The second kappa shape index (κ2) is 6.74. The number of nitrogens with zero attached hydrogens (tertiary/aromatic N) is 1. The predicted molar refractivity (Wildman–Crippen MR) is 69.1 cm³/mol. The molecule has 0 saturated carbocycles. The van der Waals surface area contributed by atoms with Gasteiger partial charge in [0, 0.05) is 7.05 Å². The summed E-state index contributed by atoms with van der Waals surface area (Å²) in [7, 11) is 1.76. The van der Waals surface area contributed by atoms with E-state index in [0.29, 0.717) is 13.2 Å². The Labute approximate surface area is 103 Å². The standard InChI is InChI=1S/C14H19NO2/c1-4-5-14(16)15(3)10-11-17-13-8-6-12(2)7-9-13/h4-9H,10-11H2,1-3H3. The van der Waals surface area contributed by atoms with Gasteiger partial charge in [-0.05, 0) is 32.1 Å². The van der Waals surface area contributed by atoms with Crippen molar-refractivity contribution in [3.8, 4) is 5.75 Å². The second-order valence-corrected chi connectivity index (χ2v) is 3.92. The maximum absolute atomic E-state index is 11.4. The number of hydrogen-bond acceptors (Lipinski definition) is 2. The minimum atomic E-state index is 0.00000567. The predicted octanol–water partition coefficient (Wildman–Crippen LogP) is 2.41. The average molecular weight is 233 g/mol. The molecule has 0 aliphatic rings. The fourth-order valence-corrected chi connectivity index (χ4v) is 1.31. The van der Waals surface area contributed by atoms with Crippen molar-refractivity contribution in [3.05, 3.63) is 42.0 Å². The highest BCUT2D eigenvalue weighted by atomic mass is 16.5. The van der Waals surface area contributed by atoms with Crippen molar-refractivity contribution in [2.75, 3.05) is 20.2 Å². The van der Waals surface area contributed by atoms with Crippen LogP contribution in [0.25, 0.3) is 0 Å². The highest BCUT2D eigenvalue weighted by molar-refractivity contribution is 5.87. The smallest absolute Gasteiger partial charge is 0.246 e. The van der Waals surface area contributed by atoms with Gasteiger partial charge in [-0.15, -0.1) is 0 Å². The summed E-state index contributed by atoms with van der Waals surface area (Å²) in [6, 6.07) is 7.88. The molecular weight excluding hydrogens is 214 g/mol. The van der Waals surface area contributed by atoms with Crippen molar-refractivity contribution in [1.82, 2.24) is 4.90 Å². The van der Waals surface area contributed by atoms with Crippen LogP contribution < -0.4 is 4.74 Å². The summed E-state index contributed by atoms with van der Waals surface area (Å²) in [6.45, 7) is 4.95. The lowest BCUT2D eigenvalue weighted by Gasteiger charge is -2.15. The molecule has 1 aromatic rings. The first kappa shape index (κ1) is 13.3. The number of allylic oxidation sites excluding steroid dienone is 1. The van der Waals surface area contributed by atoms with E-state index < -0.39 is 0 Å². The number of likely N-dealkylation sites (N-methyl/N-ethyl adjacent to an activating group) is 1. The van der Waals surface area contributed by atoms with Gasteiger partial charge < -0.3 is 9.64 Å². The third kappa shape index (κ3) is 4.72. The zero-order valence-corrected chi connectivity index (χ0v) is 10.6. The largest absolute Gasteiger partial charge is 0.492 e. The van der Waals surface area contributed by atoms with E-state index in [1.54, 1.807) is 24.1 Å². The van der Waals surface area contributed by atoms with Crippen LogP contribution in [0.5, 0.6) is 5.75 Å². The van der Waals surface area contributed by atoms with E-state index in [1.807, 2.05) is 38.1 Å². The zero-order chi connectivity index (χ0) is 12.7. The van der Waals surface area contributed by atoms with E-state index in [-0.39, 0.29) is 5.91 Å². The Morgan fingerprint density at radius 2 is 2.00 bits per heavy atom. The van der Waals surface area contributed by atoms with Gasteiger partial charge in [0.15, 0.2) is 0 Å². The van der Waals surface area contributed by atoms with E-state index in [0.717, 1.165) is 5.75 Å². The summed E-state index contributed by atoms with van der Waals surface area (Å²) >= 11 is 0. The lowest BCUT2D eigenvalue weighted by molar-refractivity contribution is -0.125. The molecule has 0 atom stereocenters. The third-order valence-electron chi connectivity index (χ3n) is 2.40. The van der Waals surface area contributed by atoms with Gasteiger partial charge in [0.2, 0.25) is 5.91 Å². The average Bonchev–Trinajstić information content (AvgIpc) is 2.32. The van der Waals surface area contributed by atoms with Gasteiger partial charge in [0.25, 0.3) is 0 Å². The molecule has 0 spiro atoms. The number of rotatable bonds is 5. The summed E-state index contributed by atoms with van der Waals surface area (Å²) in [5, 5.41) is 0. The minimum absolute atomic E-state index is 0.00000567. The third-order valence-corrected chi connectivity index (χ3v) is 2.40. The van der Waals surface area contributed by atoms with E-state index in [1.165, 1.54) is 5.56 Å². The quantitative estimate of drug-likeness (QED) is 0.731. The van der Waals surface area contributed by atoms with Crippen LogP contribution in [0.4, 0.5) is 0 Å². The number of carbonyl (C=O) groups is 1. The van der Waals surface area contributed by atoms with Crippen LogP contribution in [0.1, 0.15) is 12.5 Å². The van der Waals surface area contributed by atoms with Crippen molar-refractivity contribution in [2.24, 2.45) is 0 Å². The fourth-order valence-electron chi connectivity index (χ4n) is 1.31. The Bertz CT molecular complexity index is 382. The Morgan fingerprint density at radius 3 is 2.59 bits per heavy atom. The van der Waals surface area contributed by atoms with Gasteiger partial charge in [0.1, 0.15) is 12.4 Å². The van der Waals surface area contributed by atoms with E-state index in [2.05, 4.69) is 0 Å². The number of carbonyl (C=O) groups excluding carboxylic acids is 1. The van der Waals surface area contributed by atoms with Gasteiger partial charge >= 0.3 is 0 Å². The van der Waals surface area contributed by atoms with Crippen LogP contribution in [-0.4, -0.2) is 31.0 Å². The molecule has 0 heterocycles. The zero-order valence-electron chi connectivity index (χ0n) is 10.6. The summed E-state index contributed by atoms with van der Waals surface area (Å²) in [4.78, 5) is 13.0. The number of ether oxygens (including phenoxy) is 1. The van der Waals surface area contributed by atoms with E-state index >= 15 is 0 Å². The monoisotopic (exact) mass is 233 g/mol. The molecule has 17 heavy (non-hydrogen) atoms. The molecule has 1 amide bonds. The second-order valence-electron chi connectivity index (χ2n) is 3.92. The topological polar surface area (TPSA) is 29.5 Å². The molecule has 0 saturated heterocycles. The highest BCUT2D eigenvalue weighted by Crippen LogP contribution is 2.10. The molecule has 0 radical (unpaired) electrons. The first-order valence-corrected chi connectivity index (χ1v) is 5.70.